The number of aromatic nitrogens is 2. The molecule has 1 N–H and O–H groups in total. The number of alkyl halides is 2. The van der Waals surface area contributed by atoms with Crippen molar-refractivity contribution in [1.29, 1.82) is 0 Å². The van der Waals surface area contributed by atoms with Crippen LogP contribution in [-0.2, 0) is 20.2 Å². The molecule has 0 amide bonds. The van der Waals surface area contributed by atoms with E-state index in [9.17, 15) is 13.9 Å². The highest BCUT2D eigenvalue weighted by atomic mass is 19.3. The first kappa shape index (κ1) is 16.9. The van der Waals surface area contributed by atoms with Gasteiger partial charge in [0.2, 0.25) is 0 Å². The molecule has 0 aliphatic carbocycles. The summed E-state index contributed by atoms with van der Waals surface area (Å²) in [5, 5.41) is 9.27. The van der Waals surface area contributed by atoms with Crippen LogP contribution >= 0.6 is 0 Å². The Hall–Kier alpha value is -1.99. The van der Waals surface area contributed by atoms with Crippen LogP contribution in [0.25, 0.3) is 0 Å². The van der Waals surface area contributed by atoms with Crippen molar-refractivity contribution in [2.75, 3.05) is 13.2 Å². The molecule has 1 aliphatic heterocycles. The lowest BCUT2D eigenvalue weighted by atomic mass is 10.2. The van der Waals surface area contributed by atoms with Gasteiger partial charge in [0.15, 0.2) is 0 Å². The number of aryl methyl sites for hydroxylation is 1. The van der Waals surface area contributed by atoms with Crippen molar-refractivity contribution in [2.24, 2.45) is 7.05 Å². The van der Waals surface area contributed by atoms with Crippen LogP contribution in [0.5, 0.6) is 5.75 Å². The molecule has 0 bridgehead atoms. The molecule has 2 aromatic rings. The molecular weight excluding hydrogens is 316 g/mol. The molecule has 5 nitrogen and oxygen atoms in total. The van der Waals surface area contributed by atoms with Crippen LogP contribution in [0.4, 0.5) is 8.78 Å². The molecule has 1 aliphatic rings. The molecule has 0 spiro atoms. The maximum absolute atomic E-state index is 13.5. The van der Waals surface area contributed by atoms with Gasteiger partial charge in [-0.2, -0.15) is 0 Å². The van der Waals surface area contributed by atoms with E-state index in [1.807, 2.05) is 42.1 Å². The van der Waals surface area contributed by atoms with Crippen molar-refractivity contribution >= 4 is 0 Å². The van der Waals surface area contributed by atoms with Gasteiger partial charge in [0.25, 0.3) is 5.92 Å². The molecule has 1 atom stereocenters. The van der Waals surface area contributed by atoms with Gasteiger partial charge in [-0.05, 0) is 17.7 Å². The minimum Gasteiger partial charge on any atom is -0.486 e. The molecule has 1 unspecified atom stereocenters. The predicted molar refractivity (Wildman–Crippen MR) is 84.8 cm³/mol. The maximum atomic E-state index is 13.5. The highest BCUT2D eigenvalue weighted by Crippen LogP contribution is 2.32. The van der Waals surface area contributed by atoms with Crippen molar-refractivity contribution in [3.05, 3.63) is 48.0 Å². The summed E-state index contributed by atoms with van der Waals surface area (Å²) in [7, 11) is 1.90. The largest absolute Gasteiger partial charge is 0.486 e. The number of imidazole rings is 1. The molecule has 1 saturated heterocycles. The van der Waals surface area contributed by atoms with E-state index in [0.717, 1.165) is 11.4 Å². The summed E-state index contributed by atoms with van der Waals surface area (Å²) < 4.78 is 34.5. The number of aliphatic hydroxyl groups excluding tert-OH is 1. The number of nitrogens with zero attached hydrogens (tertiary/aromatic N) is 3. The number of halogens is 2. The van der Waals surface area contributed by atoms with E-state index in [1.165, 1.54) is 0 Å². The van der Waals surface area contributed by atoms with E-state index in [1.54, 1.807) is 11.1 Å². The van der Waals surface area contributed by atoms with E-state index < -0.39 is 12.0 Å². The summed E-state index contributed by atoms with van der Waals surface area (Å²) in [4.78, 5) is 5.81. The van der Waals surface area contributed by atoms with Gasteiger partial charge < -0.3 is 14.4 Å². The van der Waals surface area contributed by atoms with Crippen molar-refractivity contribution in [2.45, 2.75) is 31.5 Å². The molecule has 0 radical (unpaired) electrons. The standard InChI is InChI=1S/C17H21F2N3O2/c1-21-7-6-20-16(21)11-24-15-4-2-13(3-5-15)9-22-12-17(18,19)8-14(22)10-23/h2-7,14,23H,8-12H2,1H3. The minimum absolute atomic E-state index is 0.250. The second-order valence-electron chi connectivity index (χ2n) is 6.19. The van der Waals surface area contributed by atoms with Crippen LogP contribution in [0.1, 0.15) is 17.8 Å². The van der Waals surface area contributed by atoms with Crippen LogP contribution < -0.4 is 4.74 Å². The van der Waals surface area contributed by atoms with Crippen LogP contribution in [0.3, 0.4) is 0 Å². The number of aliphatic hydroxyl groups is 1. The Morgan fingerprint density at radius 1 is 1.33 bits per heavy atom. The zero-order valence-electron chi connectivity index (χ0n) is 13.5. The first-order valence-corrected chi connectivity index (χ1v) is 7.87. The van der Waals surface area contributed by atoms with Crippen LogP contribution in [0.15, 0.2) is 36.7 Å². The molecule has 1 fully saturated rings. The highest BCUT2D eigenvalue weighted by Gasteiger charge is 2.44. The first-order chi connectivity index (χ1) is 11.5. The average Bonchev–Trinajstić information content (AvgIpc) is 3.09. The number of hydrogen-bond acceptors (Lipinski definition) is 4. The number of ether oxygens (including phenoxy) is 1. The summed E-state index contributed by atoms with van der Waals surface area (Å²) in [6.45, 7) is 0.199. The van der Waals surface area contributed by atoms with Crippen molar-refractivity contribution in [3.8, 4) is 5.75 Å². The molecule has 1 aromatic carbocycles. The van der Waals surface area contributed by atoms with Crippen LogP contribution in [0, 0.1) is 0 Å². The lowest BCUT2D eigenvalue weighted by Crippen LogP contribution is -2.32. The normalized spacial score (nSPS) is 20.4. The Kier molecular flexibility index (Phi) is 4.82. The van der Waals surface area contributed by atoms with Gasteiger partial charge in [0.05, 0.1) is 13.2 Å². The van der Waals surface area contributed by atoms with E-state index in [0.29, 0.717) is 18.9 Å². The lowest BCUT2D eigenvalue weighted by molar-refractivity contribution is 0.0111. The quantitative estimate of drug-likeness (QED) is 0.878. The molecule has 7 heteroatoms. The summed E-state index contributed by atoms with van der Waals surface area (Å²) >= 11 is 0. The summed E-state index contributed by atoms with van der Waals surface area (Å²) in [6.07, 6.45) is 3.28. The Morgan fingerprint density at radius 2 is 2.08 bits per heavy atom. The fourth-order valence-electron chi connectivity index (χ4n) is 2.94. The third kappa shape index (κ3) is 3.91. The zero-order valence-corrected chi connectivity index (χ0v) is 13.5. The van der Waals surface area contributed by atoms with E-state index in [2.05, 4.69) is 4.98 Å². The minimum atomic E-state index is -2.72. The second kappa shape index (κ2) is 6.86. The summed E-state index contributed by atoms with van der Waals surface area (Å²) in [6, 6.07) is 6.87. The maximum Gasteiger partial charge on any atom is 0.262 e. The summed E-state index contributed by atoms with van der Waals surface area (Å²) in [5.41, 5.74) is 0.912. The van der Waals surface area contributed by atoms with Gasteiger partial charge in [-0.1, -0.05) is 12.1 Å². The molecule has 0 saturated carbocycles. The van der Waals surface area contributed by atoms with Crippen molar-refractivity contribution in [1.82, 2.24) is 14.5 Å². The molecule has 1 aromatic heterocycles. The fourth-order valence-corrected chi connectivity index (χ4v) is 2.94. The van der Waals surface area contributed by atoms with Gasteiger partial charge >= 0.3 is 0 Å². The highest BCUT2D eigenvalue weighted by molar-refractivity contribution is 5.27. The number of likely N-dealkylation sites (tertiary alicyclic amines) is 1. The number of rotatable bonds is 6. The molecule has 130 valence electrons. The fraction of sp³-hybridized carbons (Fsp3) is 0.471. The molecule has 2 heterocycles. The monoisotopic (exact) mass is 337 g/mol. The lowest BCUT2D eigenvalue weighted by Gasteiger charge is -2.21. The SMILES string of the molecule is Cn1ccnc1COc1ccc(CN2CC(F)(F)CC2CO)cc1. The van der Waals surface area contributed by atoms with Crippen molar-refractivity contribution in [3.63, 3.8) is 0 Å². The first-order valence-electron chi connectivity index (χ1n) is 7.87. The molecule has 24 heavy (non-hydrogen) atoms. The van der Waals surface area contributed by atoms with Gasteiger partial charge in [0, 0.05) is 38.4 Å². The zero-order chi connectivity index (χ0) is 17.2. The van der Waals surface area contributed by atoms with Crippen molar-refractivity contribution < 1.29 is 18.6 Å². The van der Waals surface area contributed by atoms with Crippen LogP contribution in [0.2, 0.25) is 0 Å². The van der Waals surface area contributed by atoms with Gasteiger partial charge in [-0.25, -0.2) is 13.8 Å². The Morgan fingerprint density at radius 3 is 2.71 bits per heavy atom. The smallest absolute Gasteiger partial charge is 0.262 e. The third-order valence-electron chi connectivity index (χ3n) is 4.29. The average molecular weight is 337 g/mol. The van der Waals surface area contributed by atoms with Crippen LogP contribution in [-0.4, -0.2) is 44.7 Å². The number of benzene rings is 1. The van der Waals surface area contributed by atoms with Gasteiger partial charge in [-0.3, -0.25) is 4.90 Å². The van der Waals surface area contributed by atoms with E-state index in [-0.39, 0.29) is 19.6 Å². The molecule has 3 rings (SSSR count). The topological polar surface area (TPSA) is 50.5 Å². The predicted octanol–water partition coefficient (Wildman–Crippen LogP) is 2.20. The Bertz CT molecular complexity index is 673. The summed E-state index contributed by atoms with van der Waals surface area (Å²) in [5.74, 6) is -1.20. The number of hydrogen-bond donors (Lipinski definition) is 1. The second-order valence-corrected chi connectivity index (χ2v) is 6.19. The Labute approximate surface area is 139 Å². The Balaban J connectivity index is 1.57. The van der Waals surface area contributed by atoms with E-state index >= 15 is 0 Å². The third-order valence-corrected chi connectivity index (χ3v) is 4.29. The van der Waals surface area contributed by atoms with Gasteiger partial charge in [0.1, 0.15) is 18.2 Å². The van der Waals surface area contributed by atoms with E-state index in [4.69, 9.17) is 4.74 Å². The molecular formula is C17H21F2N3O2. The van der Waals surface area contributed by atoms with Gasteiger partial charge in [-0.15, -0.1) is 0 Å².